The van der Waals surface area contributed by atoms with Crippen LogP contribution in [0.2, 0.25) is 0 Å². The van der Waals surface area contributed by atoms with Crippen molar-refractivity contribution in [1.82, 2.24) is 15.5 Å². The largest absolute Gasteiger partial charge is 0.444 e. The molecular weight excluding hydrogens is 358 g/mol. The van der Waals surface area contributed by atoms with Crippen LogP contribution < -0.4 is 10.6 Å². The van der Waals surface area contributed by atoms with Gasteiger partial charge in [0.25, 0.3) is 0 Å². The monoisotopic (exact) mass is 391 g/mol. The molecule has 7 nitrogen and oxygen atoms in total. The third-order valence-corrected chi connectivity index (χ3v) is 4.00. The van der Waals surface area contributed by atoms with Gasteiger partial charge in [0.1, 0.15) is 18.2 Å². The molecule has 0 aliphatic rings. The van der Waals surface area contributed by atoms with E-state index in [1.807, 2.05) is 38.1 Å². The number of likely N-dealkylation sites (N-methyl/N-ethyl adjacent to an activating group) is 1. The maximum atomic E-state index is 12.8. The van der Waals surface area contributed by atoms with Crippen LogP contribution in [0.25, 0.3) is 0 Å². The van der Waals surface area contributed by atoms with Crippen molar-refractivity contribution in [2.45, 2.75) is 59.1 Å². The van der Waals surface area contributed by atoms with Crippen molar-refractivity contribution >= 4 is 17.9 Å². The summed E-state index contributed by atoms with van der Waals surface area (Å²) in [5.74, 6) is -0.629. The minimum absolute atomic E-state index is 0.243. The molecule has 1 aromatic carbocycles. The van der Waals surface area contributed by atoms with Gasteiger partial charge in [0.15, 0.2) is 0 Å². The van der Waals surface area contributed by atoms with Crippen LogP contribution in [0.3, 0.4) is 0 Å². The third kappa shape index (κ3) is 7.98. The lowest BCUT2D eigenvalue weighted by Crippen LogP contribution is -2.46. The lowest BCUT2D eigenvalue weighted by molar-refractivity contribution is -0.138. The van der Waals surface area contributed by atoms with E-state index in [4.69, 9.17) is 4.74 Å². The molecule has 0 spiro atoms. The highest BCUT2D eigenvalue weighted by Gasteiger charge is 2.29. The Bertz CT molecular complexity index is 682. The number of hydrogen-bond acceptors (Lipinski definition) is 4. The molecule has 0 heterocycles. The van der Waals surface area contributed by atoms with Gasteiger partial charge in [-0.25, -0.2) is 4.79 Å². The smallest absolute Gasteiger partial charge is 0.408 e. The van der Waals surface area contributed by atoms with E-state index in [2.05, 4.69) is 10.6 Å². The van der Waals surface area contributed by atoms with Crippen molar-refractivity contribution in [1.29, 1.82) is 0 Å². The van der Waals surface area contributed by atoms with Crippen molar-refractivity contribution in [3.05, 3.63) is 35.4 Å². The number of ether oxygens (including phenoxy) is 1. The first-order chi connectivity index (χ1) is 13.0. The van der Waals surface area contributed by atoms with E-state index in [1.54, 1.807) is 27.8 Å². The number of unbranched alkanes of at least 4 members (excludes halogenated alkanes) is 1. The van der Waals surface area contributed by atoms with Gasteiger partial charge >= 0.3 is 6.09 Å². The van der Waals surface area contributed by atoms with E-state index in [0.29, 0.717) is 6.54 Å². The van der Waals surface area contributed by atoms with E-state index < -0.39 is 17.7 Å². The number of alkyl carbamates (subject to hydrolysis) is 1. The summed E-state index contributed by atoms with van der Waals surface area (Å²) in [6.07, 6.45) is 1.16. The minimum atomic E-state index is -0.773. The number of nitrogens with one attached hydrogen (secondary N) is 2. The second-order valence-electron chi connectivity index (χ2n) is 7.82. The Morgan fingerprint density at radius 2 is 1.86 bits per heavy atom. The molecule has 0 fully saturated rings. The van der Waals surface area contributed by atoms with Crippen LogP contribution in [-0.2, 0) is 14.3 Å². The summed E-state index contributed by atoms with van der Waals surface area (Å²) < 4.78 is 5.14. The summed E-state index contributed by atoms with van der Waals surface area (Å²) in [6, 6.07) is 6.72. The molecule has 2 N–H and O–H groups in total. The Hall–Kier alpha value is -2.57. The van der Waals surface area contributed by atoms with E-state index in [-0.39, 0.29) is 18.4 Å². The van der Waals surface area contributed by atoms with Crippen molar-refractivity contribution in [2.24, 2.45) is 0 Å². The molecule has 28 heavy (non-hydrogen) atoms. The summed E-state index contributed by atoms with van der Waals surface area (Å²) in [4.78, 5) is 38.6. The molecule has 1 unspecified atom stereocenters. The van der Waals surface area contributed by atoms with Crippen LogP contribution in [0.4, 0.5) is 4.79 Å². The van der Waals surface area contributed by atoms with Gasteiger partial charge in [0.2, 0.25) is 11.8 Å². The van der Waals surface area contributed by atoms with Gasteiger partial charge in [-0.05, 0) is 39.7 Å². The predicted molar refractivity (Wildman–Crippen MR) is 109 cm³/mol. The van der Waals surface area contributed by atoms with Gasteiger partial charge in [-0.3, -0.25) is 9.59 Å². The average Bonchev–Trinajstić information content (AvgIpc) is 2.58. The zero-order valence-corrected chi connectivity index (χ0v) is 17.8. The quantitative estimate of drug-likeness (QED) is 0.667. The Morgan fingerprint density at radius 3 is 2.43 bits per heavy atom. The maximum absolute atomic E-state index is 12.8. The van der Waals surface area contributed by atoms with Gasteiger partial charge in [-0.15, -0.1) is 0 Å². The fourth-order valence-corrected chi connectivity index (χ4v) is 2.61. The molecule has 7 heteroatoms. The lowest BCUT2D eigenvalue weighted by atomic mass is 10.0. The second-order valence-corrected chi connectivity index (χ2v) is 7.82. The molecule has 0 saturated carbocycles. The standard InChI is InChI=1S/C21H33N3O4/c1-7-8-12-22-19(26)18(16-11-9-10-15(2)13-16)24(6)17(25)14-23-20(27)28-21(3,4)5/h9-11,13,18H,7-8,12,14H2,1-6H3,(H,22,26)(H,23,27). The molecule has 0 bridgehead atoms. The molecule has 0 radical (unpaired) electrons. The summed E-state index contributed by atoms with van der Waals surface area (Å²) in [7, 11) is 1.56. The zero-order chi connectivity index (χ0) is 21.3. The van der Waals surface area contributed by atoms with E-state index >= 15 is 0 Å². The van der Waals surface area contributed by atoms with Gasteiger partial charge < -0.3 is 20.3 Å². The number of aryl methyl sites for hydroxylation is 1. The fraction of sp³-hybridized carbons (Fsp3) is 0.571. The molecule has 1 atom stereocenters. The average molecular weight is 392 g/mol. The number of hydrogen-bond donors (Lipinski definition) is 2. The highest BCUT2D eigenvalue weighted by atomic mass is 16.6. The Balaban J connectivity index is 2.88. The van der Waals surface area contributed by atoms with Crippen LogP contribution in [0.5, 0.6) is 0 Å². The summed E-state index contributed by atoms with van der Waals surface area (Å²) in [6.45, 7) is 9.51. The Morgan fingerprint density at radius 1 is 1.18 bits per heavy atom. The SMILES string of the molecule is CCCCNC(=O)C(c1cccc(C)c1)N(C)C(=O)CNC(=O)OC(C)(C)C. The van der Waals surface area contributed by atoms with Crippen molar-refractivity contribution in [3.8, 4) is 0 Å². The van der Waals surface area contributed by atoms with Crippen molar-refractivity contribution < 1.29 is 19.1 Å². The van der Waals surface area contributed by atoms with Crippen LogP contribution in [0, 0.1) is 6.92 Å². The first kappa shape index (κ1) is 23.5. The van der Waals surface area contributed by atoms with Crippen LogP contribution in [0.1, 0.15) is 57.7 Å². The second kappa shape index (κ2) is 10.7. The van der Waals surface area contributed by atoms with Gasteiger partial charge in [-0.2, -0.15) is 0 Å². The summed E-state index contributed by atoms with van der Waals surface area (Å²) >= 11 is 0. The topological polar surface area (TPSA) is 87.7 Å². The van der Waals surface area contributed by atoms with Crippen LogP contribution in [0.15, 0.2) is 24.3 Å². The van der Waals surface area contributed by atoms with Crippen LogP contribution >= 0.6 is 0 Å². The maximum Gasteiger partial charge on any atom is 0.408 e. The normalized spacial score (nSPS) is 12.1. The van der Waals surface area contributed by atoms with Crippen molar-refractivity contribution in [3.63, 3.8) is 0 Å². The number of rotatable bonds is 8. The molecule has 0 saturated heterocycles. The number of benzene rings is 1. The van der Waals surface area contributed by atoms with Gasteiger partial charge in [0.05, 0.1) is 0 Å². The minimum Gasteiger partial charge on any atom is -0.444 e. The first-order valence-electron chi connectivity index (χ1n) is 9.62. The summed E-state index contributed by atoms with van der Waals surface area (Å²) in [5, 5.41) is 5.33. The number of carbonyl (C=O) groups is 3. The predicted octanol–water partition coefficient (Wildman–Crippen LogP) is 2.94. The molecule has 1 rings (SSSR count). The van der Waals surface area contributed by atoms with E-state index in [9.17, 15) is 14.4 Å². The molecule has 0 aromatic heterocycles. The van der Waals surface area contributed by atoms with Crippen molar-refractivity contribution in [2.75, 3.05) is 20.1 Å². The Kier molecular flexibility index (Phi) is 8.96. The molecule has 156 valence electrons. The highest BCUT2D eigenvalue weighted by molar-refractivity contribution is 5.90. The molecule has 0 aliphatic carbocycles. The molecule has 0 aliphatic heterocycles. The fourth-order valence-electron chi connectivity index (χ4n) is 2.61. The molecule has 3 amide bonds. The number of amides is 3. The summed E-state index contributed by atoms with van der Waals surface area (Å²) in [5.41, 5.74) is 1.07. The van der Waals surface area contributed by atoms with E-state index in [0.717, 1.165) is 24.0 Å². The van der Waals surface area contributed by atoms with E-state index in [1.165, 1.54) is 4.90 Å². The molecule has 1 aromatic rings. The Labute approximate surface area is 167 Å². The zero-order valence-electron chi connectivity index (χ0n) is 17.8. The highest BCUT2D eigenvalue weighted by Crippen LogP contribution is 2.21. The lowest BCUT2D eigenvalue weighted by Gasteiger charge is -2.28. The number of nitrogens with zero attached hydrogens (tertiary/aromatic N) is 1. The van der Waals surface area contributed by atoms with Gasteiger partial charge in [0, 0.05) is 13.6 Å². The van der Waals surface area contributed by atoms with Crippen LogP contribution in [-0.4, -0.2) is 48.5 Å². The third-order valence-electron chi connectivity index (χ3n) is 4.00. The first-order valence-corrected chi connectivity index (χ1v) is 9.62. The number of carbonyl (C=O) groups excluding carboxylic acids is 3. The molecular formula is C21H33N3O4. The van der Waals surface area contributed by atoms with Gasteiger partial charge in [-0.1, -0.05) is 43.2 Å².